The van der Waals surface area contributed by atoms with Crippen LogP contribution in [-0.4, -0.2) is 10.6 Å². The molecule has 2 heteroatoms. The Balaban J connectivity index is 1.90. The van der Waals surface area contributed by atoms with E-state index in [-0.39, 0.29) is 0 Å². The summed E-state index contributed by atoms with van der Waals surface area (Å²) in [6, 6.07) is 11.5. The zero-order valence-corrected chi connectivity index (χ0v) is 9.32. The van der Waals surface area contributed by atoms with Crippen LogP contribution in [0.5, 0.6) is 0 Å². The minimum absolute atomic E-state index is 0.439. The average Bonchev–Trinajstić information content (AvgIpc) is 2.77. The summed E-state index contributed by atoms with van der Waals surface area (Å²) < 4.78 is 2.49. The largest absolute Gasteiger partial charge is 0.344 e. The molecule has 0 unspecified atom stereocenters. The molecule has 0 radical (unpaired) electrons. The van der Waals surface area contributed by atoms with Crippen LogP contribution in [0.15, 0.2) is 30.3 Å². The smallest absolute Gasteiger partial charge is 0.0482 e. The van der Waals surface area contributed by atoms with Crippen LogP contribution in [0, 0.1) is 5.41 Å². The Morgan fingerprint density at radius 1 is 1.31 bits per heavy atom. The van der Waals surface area contributed by atoms with Crippen LogP contribution in [0.2, 0.25) is 0 Å². The number of para-hydroxylation sites is 1. The monoisotopic (exact) mass is 212 g/mol. The first-order valence-electron chi connectivity index (χ1n) is 6.11. The van der Waals surface area contributed by atoms with E-state index in [1.54, 1.807) is 0 Å². The molecule has 1 saturated carbocycles. The number of rotatable bonds is 0. The van der Waals surface area contributed by atoms with Gasteiger partial charge in [-0.15, -0.1) is 0 Å². The van der Waals surface area contributed by atoms with Crippen molar-refractivity contribution in [3.63, 3.8) is 0 Å². The fourth-order valence-electron chi connectivity index (χ4n) is 3.28. The van der Waals surface area contributed by atoms with Gasteiger partial charge in [-0.3, -0.25) is 0 Å². The maximum Gasteiger partial charge on any atom is 0.0482 e. The summed E-state index contributed by atoms with van der Waals surface area (Å²) in [5, 5.41) is 1.38. The van der Waals surface area contributed by atoms with Crippen LogP contribution in [0.4, 0.5) is 0 Å². The van der Waals surface area contributed by atoms with Gasteiger partial charge in [0.15, 0.2) is 0 Å². The van der Waals surface area contributed by atoms with Gasteiger partial charge < -0.3 is 10.3 Å². The minimum Gasteiger partial charge on any atom is -0.344 e. The minimum atomic E-state index is 0.439. The van der Waals surface area contributed by atoms with E-state index in [1.165, 1.54) is 35.9 Å². The van der Waals surface area contributed by atoms with Crippen molar-refractivity contribution >= 4 is 10.9 Å². The van der Waals surface area contributed by atoms with E-state index in [1.807, 2.05) is 0 Å². The first kappa shape index (κ1) is 8.82. The predicted molar refractivity (Wildman–Crippen MR) is 65.3 cm³/mol. The number of aryl methyl sites for hydroxylation is 1. The average molecular weight is 212 g/mol. The quantitative estimate of drug-likeness (QED) is 0.713. The third kappa shape index (κ3) is 1.00. The molecule has 2 N–H and O–H groups in total. The number of hydrogen-bond acceptors (Lipinski definition) is 1. The molecule has 4 rings (SSSR count). The van der Waals surface area contributed by atoms with E-state index in [9.17, 15) is 0 Å². The molecule has 0 amide bonds. The van der Waals surface area contributed by atoms with Gasteiger partial charge in [-0.05, 0) is 36.8 Å². The van der Waals surface area contributed by atoms with Gasteiger partial charge in [0.2, 0.25) is 0 Å². The van der Waals surface area contributed by atoms with Crippen LogP contribution in [0.3, 0.4) is 0 Å². The van der Waals surface area contributed by atoms with Crippen molar-refractivity contribution < 1.29 is 0 Å². The fourth-order valence-corrected chi connectivity index (χ4v) is 3.28. The van der Waals surface area contributed by atoms with Crippen LogP contribution in [-0.2, 0) is 13.0 Å². The molecule has 2 heterocycles. The van der Waals surface area contributed by atoms with Crippen LogP contribution >= 0.6 is 0 Å². The SMILES string of the molecule is N[C@@H]1C[C@@]12CCc1cc3ccccc3n1C2. The molecule has 0 saturated heterocycles. The highest BCUT2D eigenvalue weighted by molar-refractivity contribution is 5.81. The molecule has 16 heavy (non-hydrogen) atoms. The Hall–Kier alpha value is -1.28. The predicted octanol–water partition coefficient (Wildman–Crippen LogP) is 2.30. The Labute approximate surface area is 95.1 Å². The number of hydrogen-bond donors (Lipinski definition) is 1. The molecule has 1 aliphatic carbocycles. The molecular formula is C14H16N2. The highest BCUT2D eigenvalue weighted by Crippen LogP contribution is 2.52. The van der Waals surface area contributed by atoms with Crippen molar-refractivity contribution in [2.45, 2.75) is 31.8 Å². The summed E-state index contributed by atoms with van der Waals surface area (Å²) in [4.78, 5) is 0. The molecule has 1 spiro atoms. The van der Waals surface area contributed by atoms with Gasteiger partial charge in [0, 0.05) is 29.2 Å². The van der Waals surface area contributed by atoms with Crippen molar-refractivity contribution in [3.8, 4) is 0 Å². The molecule has 2 atom stereocenters. The summed E-state index contributed by atoms with van der Waals surface area (Å²) in [5.41, 5.74) is 9.40. The van der Waals surface area contributed by atoms with E-state index >= 15 is 0 Å². The highest BCUT2D eigenvalue weighted by Gasteiger charge is 2.53. The van der Waals surface area contributed by atoms with Crippen molar-refractivity contribution in [2.75, 3.05) is 0 Å². The molecule has 82 valence electrons. The standard InChI is InChI=1S/C14H16N2/c15-13-8-14(13)6-5-11-7-10-3-1-2-4-12(10)16(11)9-14/h1-4,7,13H,5-6,8-9,15H2/t13-,14-/m1/s1. The van der Waals surface area contributed by atoms with Gasteiger partial charge in [0.25, 0.3) is 0 Å². The third-order valence-electron chi connectivity index (χ3n) is 4.50. The lowest BCUT2D eigenvalue weighted by Crippen LogP contribution is -2.26. The molecule has 2 aromatic rings. The van der Waals surface area contributed by atoms with E-state index in [2.05, 4.69) is 34.9 Å². The molecule has 1 aliphatic heterocycles. The maximum absolute atomic E-state index is 6.09. The van der Waals surface area contributed by atoms with Gasteiger partial charge in [-0.25, -0.2) is 0 Å². The number of benzene rings is 1. The summed E-state index contributed by atoms with van der Waals surface area (Å²) >= 11 is 0. The van der Waals surface area contributed by atoms with Crippen LogP contribution in [0.1, 0.15) is 18.5 Å². The fraction of sp³-hybridized carbons (Fsp3) is 0.429. The summed E-state index contributed by atoms with van der Waals surface area (Å²) in [7, 11) is 0. The molecule has 1 aromatic carbocycles. The van der Waals surface area contributed by atoms with Gasteiger partial charge in [-0.2, -0.15) is 0 Å². The van der Waals surface area contributed by atoms with Crippen molar-refractivity contribution in [2.24, 2.45) is 11.1 Å². The Kier molecular flexibility index (Phi) is 1.48. The molecular weight excluding hydrogens is 196 g/mol. The molecule has 2 nitrogen and oxygen atoms in total. The van der Waals surface area contributed by atoms with Crippen molar-refractivity contribution in [3.05, 3.63) is 36.0 Å². The number of aromatic nitrogens is 1. The normalized spacial score (nSPS) is 31.9. The van der Waals surface area contributed by atoms with E-state index < -0.39 is 0 Å². The second kappa shape index (κ2) is 2.69. The topological polar surface area (TPSA) is 30.9 Å². The lowest BCUT2D eigenvalue weighted by Gasteiger charge is -2.25. The lowest BCUT2D eigenvalue weighted by atomic mass is 9.94. The summed E-state index contributed by atoms with van der Waals surface area (Å²) in [6.07, 6.45) is 3.70. The summed E-state index contributed by atoms with van der Waals surface area (Å²) in [5.74, 6) is 0. The summed E-state index contributed by atoms with van der Waals surface area (Å²) in [6.45, 7) is 1.14. The van der Waals surface area contributed by atoms with E-state index in [0.717, 1.165) is 6.54 Å². The van der Waals surface area contributed by atoms with E-state index in [4.69, 9.17) is 5.73 Å². The molecule has 2 aliphatic rings. The number of nitrogens with two attached hydrogens (primary N) is 1. The number of fused-ring (bicyclic) bond motifs is 3. The van der Waals surface area contributed by atoms with Gasteiger partial charge in [-0.1, -0.05) is 18.2 Å². The van der Waals surface area contributed by atoms with Gasteiger partial charge in [0.05, 0.1) is 0 Å². The second-order valence-electron chi connectivity index (χ2n) is 5.45. The zero-order valence-electron chi connectivity index (χ0n) is 9.32. The molecule has 1 fully saturated rings. The molecule has 1 aromatic heterocycles. The van der Waals surface area contributed by atoms with E-state index in [0.29, 0.717) is 11.5 Å². The number of nitrogens with zero attached hydrogens (tertiary/aromatic N) is 1. The van der Waals surface area contributed by atoms with Gasteiger partial charge in [0.1, 0.15) is 0 Å². The van der Waals surface area contributed by atoms with Crippen molar-refractivity contribution in [1.82, 2.24) is 4.57 Å². The second-order valence-corrected chi connectivity index (χ2v) is 5.45. The van der Waals surface area contributed by atoms with Gasteiger partial charge >= 0.3 is 0 Å². The van der Waals surface area contributed by atoms with Crippen LogP contribution < -0.4 is 5.73 Å². The van der Waals surface area contributed by atoms with Crippen molar-refractivity contribution in [1.29, 1.82) is 0 Å². The Morgan fingerprint density at radius 3 is 2.94 bits per heavy atom. The third-order valence-corrected chi connectivity index (χ3v) is 4.50. The highest BCUT2D eigenvalue weighted by atomic mass is 15.0. The Morgan fingerprint density at radius 2 is 2.12 bits per heavy atom. The Bertz CT molecular complexity index is 569. The first-order chi connectivity index (χ1) is 7.78. The molecule has 0 bridgehead atoms. The maximum atomic E-state index is 6.09. The van der Waals surface area contributed by atoms with Crippen LogP contribution in [0.25, 0.3) is 10.9 Å². The first-order valence-corrected chi connectivity index (χ1v) is 6.11. The lowest BCUT2D eigenvalue weighted by molar-refractivity contribution is 0.342. The zero-order chi connectivity index (χ0) is 10.8.